The van der Waals surface area contributed by atoms with E-state index in [-0.39, 0.29) is 23.9 Å². The summed E-state index contributed by atoms with van der Waals surface area (Å²) in [5.41, 5.74) is 0.249. The number of Topliss-reactive ketones (excluding diaryl/α,β-unsaturated/α-hetero) is 1. The van der Waals surface area contributed by atoms with Gasteiger partial charge in [0.15, 0.2) is 12.6 Å². The zero-order valence-electron chi connectivity index (χ0n) is 8.11. The molecule has 0 aliphatic carbocycles. The summed E-state index contributed by atoms with van der Waals surface area (Å²) in [6.45, 7) is 1.50. The van der Waals surface area contributed by atoms with Gasteiger partial charge in [-0.15, -0.1) is 0 Å². The molecule has 0 aliphatic heterocycles. The summed E-state index contributed by atoms with van der Waals surface area (Å²) < 4.78 is 9.82. The van der Waals surface area contributed by atoms with E-state index >= 15 is 0 Å². The van der Waals surface area contributed by atoms with Gasteiger partial charge >= 0.3 is 0 Å². The van der Waals surface area contributed by atoms with Crippen LogP contribution in [0.5, 0.6) is 11.5 Å². The smallest absolute Gasteiger partial charge is 0.188 e. The van der Waals surface area contributed by atoms with E-state index in [0.29, 0.717) is 5.75 Å². The van der Waals surface area contributed by atoms with Gasteiger partial charge in [-0.05, 0) is 25.1 Å². The molecule has 0 aliphatic rings. The molecule has 1 N–H and O–H groups in total. The maximum absolute atomic E-state index is 11.0. The first kappa shape index (κ1) is 10.5. The number of carbonyl (C=O) groups excluding carboxylic acids is 1. The van der Waals surface area contributed by atoms with Gasteiger partial charge in [0.25, 0.3) is 0 Å². The summed E-state index contributed by atoms with van der Waals surface area (Å²) in [6.07, 6.45) is 0. The minimum Gasteiger partial charge on any atom is -0.507 e. The van der Waals surface area contributed by atoms with Gasteiger partial charge in [0, 0.05) is 7.11 Å². The van der Waals surface area contributed by atoms with E-state index in [1.807, 2.05) is 0 Å². The summed E-state index contributed by atoms with van der Waals surface area (Å²) in [5, 5.41) is 9.32. The van der Waals surface area contributed by atoms with Gasteiger partial charge in [0.2, 0.25) is 0 Å². The SMILES string of the molecule is COCOc1ccc(O)c(C(C)=O)c1. The Morgan fingerprint density at radius 3 is 2.79 bits per heavy atom. The number of ketones is 1. The Hall–Kier alpha value is -1.55. The lowest BCUT2D eigenvalue weighted by Crippen LogP contribution is -2.00. The first-order valence-electron chi connectivity index (χ1n) is 4.11. The number of ether oxygens (including phenoxy) is 2. The molecule has 1 aromatic carbocycles. The lowest BCUT2D eigenvalue weighted by molar-refractivity contribution is 0.0510. The Bertz CT molecular complexity index is 333. The molecular weight excluding hydrogens is 184 g/mol. The molecule has 76 valence electrons. The maximum atomic E-state index is 11.0. The van der Waals surface area contributed by atoms with Gasteiger partial charge in [-0.2, -0.15) is 0 Å². The Morgan fingerprint density at radius 1 is 1.50 bits per heavy atom. The predicted molar refractivity (Wildman–Crippen MR) is 50.6 cm³/mol. The third-order valence-electron chi connectivity index (χ3n) is 1.69. The number of aromatic hydroxyl groups is 1. The van der Waals surface area contributed by atoms with Crippen molar-refractivity contribution in [2.45, 2.75) is 6.92 Å². The predicted octanol–water partition coefficient (Wildman–Crippen LogP) is 1.58. The second kappa shape index (κ2) is 4.62. The van der Waals surface area contributed by atoms with Crippen molar-refractivity contribution in [1.29, 1.82) is 0 Å². The Labute approximate surface area is 82.1 Å². The van der Waals surface area contributed by atoms with Crippen LogP contribution >= 0.6 is 0 Å². The summed E-state index contributed by atoms with van der Waals surface area (Å²) >= 11 is 0. The molecule has 0 spiro atoms. The highest BCUT2D eigenvalue weighted by Crippen LogP contribution is 2.23. The minimum atomic E-state index is -0.203. The van der Waals surface area contributed by atoms with E-state index in [2.05, 4.69) is 0 Å². The zero-order chi connectivity index (χ0) is 10.6. The van der Waals surface area contributed by atoms with Crippen LogP contribution in [0.1, 0.15) is 17.3 Å². The van der Waals surface area contributed by atoms with Gasteiger partial charge in [-0.3, -0.25) is 4.79 Å². The molecule has 14 heavy (non-hydrogen) atoms. The first-order valence-corrected chi connectivity index (χ1v) is 4.11. The van der Waals surface area contributed by atoms with E-state index in [9.17, 15) is 9.90 Å². The molecule has 0 atom stereocenters. The van der Waals surface area contributed by atoms with Crippen molar-refractivity contribution >= 4 is 5.78 Å². The van der Waals surface area contributed by atoms with E-state index < -0.39 is 0 Å². The minimum absolute atomic E-state index is 0.0396. The number of phenolic OH excluding ortho intramolecular Hbond substituents is 1. The van der Waals surface area contributed by atoms with Gasteiger partial charge in [0.1, 0.15) is 11.5 Å². The number of carbonyl (C=O) groups is 1. The van der Waals surface area contributed by atoms with Gasteiger partial charge < -0.3 is 14.6 Å². The van der Waals surface area contributed by atoms with Crippen LogP contribution in [0.25, 0.3) is 0 Å². The fraction of sp³-hybridized carbons (Fsp3) is 0.300. The van der Waals surface area contributed by atoms with E-state index in [1.54, 1.807) is 6.07 Å². The van der Waals surface area contributed by atoms with Crippen molar-refractivity contribution in [2.75, 3.05) is 13.9 Å². The Kier molecular flexibility index (Phi) is 3.48. The molecule has 4 heteroatoms. The van der Waals surface area contributed by atoms with Crippen LogP contribution in [0.3, 0.4) is 0 Å². The zero-order valence-corrected chi connectivity index (χ0v) is 8.11. The van der Waals surface area contributed by atoms with Crippen LogP contribution in [-0.2, 0) is 4.74 Å². The Morgan fingerprint density at radius 2 is 2.21 bits per heavy atom. The summed E-state index contributed by atoms with van der Waals surface area (Å²) in [7, 11) is 1.51. The van der Waals surface area contributed by atoms with Crippen molar-refractivity contribution in [2.24, 2.45) is 0 Å². The molecule has 0 heterocycles. The second-order valence-electron chi connectivity index (χ2n) is 2.79. The standard InChI is InChI=1S/C10H12O4/c1-7(11)9-5-8(14-6-13-2)3-4-10(9)12/h3-5,12H,6H2,1-2H3. The summed E-state index contributed by atoms with van der Waals surface area (Å²) in [4.78, 5) is 11.0. The van der Waals surface area contributed by atoms with E-state index in [1.165, 1.54) is 26.2 Å². The van der Waals surface area contributed by atoms with Crippen LogP contribution in [0.2, 0.25) is 0 Å². The van der Waals surface area contributed by atoms with Gasteiger partial charge in [-0.1, -0.05) is 0 Å². The highest BCUT2D eigenvalue weighted by atomic mass is 16.7. The topological polar surface area (TPSA) is 55.8 Å². The van der Waals surface area contributed by atoms with Gasteiger partial charge in [0.05, 0.1) is 5.56 Å². The molecule has 1 aromatic rings. The molecule has 0 radical (unpaired) electrons. The number of hydrogen-bond donors (Lipinski definition) is 1. The molecule has 0 fully saturated rings. The van der Waals surface area contributed by atoms with Crippen molar-refractivity contribution in [3.05, 3.63) is 23.8 Å². The molecule has 0 bridgehead atoms. The average Bonchev–Trinajstić information content (AvgIpc) is 2.16. The quantitative estimate of drug-likeness (QED) is 0.586. The largest absolute Gasteiger partial charge is 0.507 e. The molecule has 0 saturated carbocycles. The van der Waals surface area contributed by atoms with Crippen LogP contribution in [0.15, 0.2) is 18.2 Å². The molecule has 0 saturated heterocycles. The molecule has 0 unspecified atom stereocenters. The number of rotatable bonds is 4. The van der Waals surface area contributed by atoms with Crippen molar-refractivity contribution in [3.63, 3.8) is 0 Å². The Balaban J connectivity index is 2.89. The number of benzene rings is 1. The van der Waals surface area contributed by atoms with Crippen LogP contribution < -0.4 is 4.74 Å². The average molecular weight is 196 g/mol. The molecule has 0 amide bonds. The third-order valence-corrected chi connectivity index (χ3v) is 1.69. The van der Waals surface area contributed by atoms with Crippen LogP contribution in [0, 0.1) is 0 Å². The van der Waals surface area contributed by atoms with E-state index in [0.717, 1.165) is 0 Å². The lowest BCUT2D eigenvalue weighted by atomic mass is 10.1. The second-order valence-corrected chi connectivity index (χ2v) is 2.79. The van der Waals surface area contributed by atoms with Crippen LogP contribution in [0.4, 0.5) is 0 Å². The summed E-state index contributed by atoms with van der Waals surface area (Å²) in [5.74, 6) is 0.252. The number of hydrogen-bond acceptors (Lipinski definition) is 4. The van der Waals surface area contributed by atoms with E-state index in [4.69, 9.17) is 9.47 Å². The summed E-state index contributed by atoms with van der Waals surface area (Å²) in [6, 6.07) is 4.47. The monoisotopic (exact) mass is 196 g/mol. The van der Waals surface area contributed by atoms with Gasteiger partial charge in [-0.25, -0.2) is 0 Å². The van der Waals surface area contributed by atoms with Crippen LogP contribution in [-0.4, -0.2) is 24.8 Å². The molecule has 0 aromatic heterocycles. The highest BCUT2D eigenvalue weighted by Gasteiger charge is 2.07. The van der Waals surface area contributed by atoms with Crippen molar-refractivity contribution in [1.82, 2.24) is 0 Å². The van der Waals surface area contributed by atoms with Crippen molar-refractivity contribution in [3.8, 4) is 11.5 Å². The first-order chi connectivity index (χ1) is 6.65. The highest BCUT2D eigenvalue weighted by molar-refractivity contribution is 5.97. The third kappa shape index (κ3) is 2.47. The molecular formula is C10H12O4. The normalized spacial score (nSPS) is 9.86. The lowest BCUT2D eigenvalue weighted by Gasteiger charge is -2.06. The molecule has 4 nitrogen and oxygen atoms in total. The molecule has 1 rings (SSSR count). The van der Waals surface area contributed by atoms with Crippen molar-refractivity contribution < 1.29 is 19.4 Å². The maximum Gasteiger partial charge on any atom is 0.188 e. The fourth-order valence-corrected chi connectivity index (χ4v) is 1.01. The fourth-order valence-electron chi connectivity index (χ4n) is 1.01. The number of methoxy groups -OCH3 is 1. The number of phenols is 1.